The summed E-state index contributed by atoms with van der Waals surface area (Å²) in [6.07, 6.45) is 0. The number of hydrogen-bond acceptors (Lipinski definition) is 4. The van der Waals surface area contributed by atoms with Crippen molar-refractivity contribution in [3.63, 3.8) is 0 Å². The summed E-state index contributed by atoms with van der Waals surface area (Å²) in [6, 6.07) is 5.60. The maximum absolute atomic E-state index is 11.6. The number of anilines is 2. The predicted octanol–water partition coefficient (Wildman–Crippen LogP) is 2.57. The Morgan fingerprint density at radius 2 is 2.00 bits per heavy atom. The Kier molecular flexibility index (Phi) is 10.6. The number of nitrogens with one attached hydrogen (secondary N) is 2. The first kappa shape index (κ1) is 21.3. The summed E-state index contributed by atoms with van der Waals surface area (Å²) >= 11 is 6.30. The molecule has 1 aliphatic heterocycles. The number of morpholine rings is 1. The fourth-order valence-electron chi connectivity index (χ4n) is 2.09. The number of rotatable bonds is 5. The van der Waals surface area contributed by atoms with Crippen LogP contribution in [0, 0.1) is 0 Å². The van der Waals surface area contributed by atoms with Crippen molar-refractivity contribution in [1.82, 2.24) is 5.32 Å². The monoisotopic (exact) mass is 369 g/mol. The van der Waals surface area contributed by atoms with Crippen LogP contribution in [0.25, 0.3) is 0 Å². The molecule has 22 heavy (non-hydrogen) atoms. The minimum absolute atomic E-state index is 0. The highest BCUT2D eigenvalue weighted by atomic mass is 35.5. The number of nitrogens with zero attached hydrogens (tertiary/aromatic N) is 1. The van der Waals surface area contributed by atoms with Crippen LogP contribution in [-0.2, 0) is 9.53 Å². The first-order valence-corrected chi connectivity index (χ1v) is 7.21. The van der Waals surface area contributed by atoms with Gasteiger partial charge in [0.25, 0.3) is 0 Å². The van der Waals surface area contributed by atoms with Crippen molar-refractivity contribution < 1.29 is 9.53 Å². The molecule has 2 rings (SSSR count). The molecule has 2 N–H and O–H groups in total. The number of halogens is 3. The normalized spacial score (nSPS) is 13.8. The van der Waals surface area contributed by atoms with Crippen LogP contribution in [0.3, 0.4) is 0 Å². The van der Waals surface area contributed by atoms with Crippen molar-refractivity contribution in [3.05, 3.63) is 23.2 Å². The minimum atomic E-state index is -0.0676. The SMILES string of the molecule is CCNCC(=O)Nc1ccc(N2CCOCC2)c(Cl)c1.Cl.Cl. The summed E-state index contributed by atoms with van der Waals surface area (Å²) < 4.78 is 5.33. The summed E-state index contributed by atoms with van der Waals surface area (Å²) in [5.41, 5.74) is 1.70. The van der Waals surface area contributed by atoms with Crippen LogP contribution in [0.4, 0.5) is 11.4 Å². The first-order valence-electron chi connectivity index (χ1n) is 6.83. The molecule has 1 aliphatic rings. The predicted molar refractivity (Wildman–Crippen MR) is 96.2 cm³/mol. The average molecular weight is 371 g/mol. The van der Waals surface area contributed by atoms with Crippen LogP contribution >= 0.6 is 36.4 Å². The van der Waals surface area contributed by atoms with Crippen LogP contribution in [0.15, 0.2) is 18.2 Å². The highest BCUT2D eigenvalue weighted by molar-refractivity contribution is 6.33. The lowest BCUT2D eigenvalue weighted by Crippen LogP contribution is -2.36. The van der Waals surface area contributed by atoms with E-state index in [1.807, 2.05) is 19.1 Å². The molecule has 1 saturated heterocycles. The second kappa shape index (κ2) is 10.9. The molecule has 5 nitrogen and oxygen atoms in total. The Balaban J connectivity index is 0.00000220. The molecular weight excluding hydrogens is 349 g/mol. The van der Waals surface area contributed by atoms with Gasteiger partial charge in [-0.3, -0.25) is 4.79 Å². The number of carbonyl (C=O) groups excluding carboxylic acids is 1. The third kappa shape index (κ3) is 6.18. The third-order valence-corrected chi connectivity index (χ3v) is 3.42. The number of likely N-dealkylation sites (N-methyl/N-ethyl adjacent to an activating group) is 1. The van der Waals surface area contributed by atoms with Gasteiger partial charge in [-0.15, -0.1) is 24.8 Å². The zero-order chi connectivity index (χ0) is 14.4. The summed E-state index contributed by atoms with van der Waals surface area (Å²) in [4.78, 5) is 13.8. The Morgan fingerprint density at radius 3 is 2.59 bits per heavy atom. The molecule has 0 radical (unpaired) electrons. The number of benzene rings is 1. The van der Waals surface area contributed by atoms with Crippen LogP contribution in [0.1, 0.15) is 6.92 Å². The Hall–Kier alpha value is -0.720. The maximum Gasteiger partial charge on any atom is 0.238 e. The van der Waals surface area contributed by atoms with Crippen molar-refractivity contribution in [1.29, 1.82) is 0 Å². The smallest absolute Gasteiger partial charge is 0.238 e. The number of hydrogen-bond donors (Lipinski definition) is 2. The second-order valence-corrected chi connectivity index (χ2v) is 5.00. The van der Waals surface area contributed by atoms with E-state index in [1.54, 1.807) is 6.07 Å². The molecule has 0 bridgehead atoms. The summed E-state index contributed by atoms with van der Waals surface area (Å²) in [5, 5.41) is 6.44. The van der Waals surface area contributed by atoms with E-state index >= 15 is 0 Å². The van der Waals surface area contributed by atoms with Gasteiger partial charge < -0.3 is 20.3 Å². The quantitative estimate of drug-likeness (QED) is 0.836. The van der Waals surface area contributed by atoms with Gasteiger partial charge in [-0.1, -0.05) is 18.5 Å². The van der Waals surface area contributed by atoms with Crippen molar-refractivity contribution in [2.75, 3.05) is 49.6 Å². The molecule has 0 spiro atoms. The van der Waals surface area contributed by atoms with Crippen molar-refractivity contribution in [3.8, 4) is 0 Å². The lowest BCUT2D eigenvalue weighted by Gasteiger charge is -2.29. The van der Waals surface area contributed by atoms with E-state index in [2.05, 4.69) is 15.5 Å². The second-order valence-electron chi connectivity index (χ2n) is 4.59. The van der Waals surface area contributed by atoms with E-state index in [1.165, 1.54) is 0 Å². The van der Waals surface area contributed by atoms with E-state index in [9.17, 15) is 4.79 Å². The van der Waals surface area contributed by atoms with Crippen LogP contribution in [-0.4, -0.2) is 45.3 Å². The molecule has 126 valence electrons. The Bertz CT molecular complexity index is 469. The highest BCUT2D eigenvalue weighted by Crippen LogP contribution is 2.29. The largest absolute Gasteiger partial charge is 0.378 e. The molecular formula is C14H22Cl3N3O2. The van der Waals surface area contributed by atoms with E-state index < -0.39 is 0 Å². The van der Waals surface area contributed by atoms with E-state index in [0.717, 1.165) is 44.2 Å². The molecule has 1 heterocycles. The fraction of sp³-hybridized carbons (Fsp3) is 0.500. The van der Waals surface area contributed by atoms with Crippen molar-refractivity contribution >= 4 is 53.7 Å². The van der Waals surface area contributed by atoms with E-state index in [-0.39, 0.29) is 30.7 Å². The van der Waals surface area contributed by atoms with Gasteiger partial charge in [0, 0.05) is 18.8 Å². The zero-order valence-electron chi connectivity index (χ0n) is 12.4. The molecule has 1 amide bonds. The number of amides is 1. The van der Waals surface area contributed by atoms with E-state index in [4.69, 9.17) is 16.3 Å². The Labute approximate surface area is 148 Å². The molecule has 0 atom stereocenters. The minimum Gasteiger partial charge on any atom is -0.378 e. The molecule has 0 saturated carbocycles. The summed E-state index contributed by atoms with van der Waals surface area (Å²) in [5.74, 6) is -0.0676. The lowest BCUT2D eigenvalue weighted by molar-refractivity contribution is -0.115. The van der Waals surface area contributed by atoms with Gasteiger partial charge >= 0.3 is 0 Å². The van der Waals surface area contributed by atoms with Crippen LogP contribution in [0.2, 0.25) is 5.02 Å². The van der Waals surface area contributed by atoms with Gasteiger partial charge in [0.05, 0.1) is 30.5 Å². The van der Waals surface area contributed by atoms with Gasteiger partial charge in [0.2, 0.25) is 5.91 Å². The van der Waals surface area contributed by atoms with Gasteiger partial charge in [0.15, 0.2) is 0 Å². The number of ether oxygens (including phenoxy) is 1. The maximum atomic E-state index is 11.6. The fourth-order valence-corrected chi connectivity index (χ4v) is 2.39. The molecule has 1 aromatic rings. The number of carbonyl (C=O) groups is 1. The molecule has 0 unspecified atom stereocenters. The van der Waals surface area contributed by atoms with Crippen LogP contribution < -0.4 is 15.5 Å². The molecule has 1 aromatic carbocycles. The average Bonchev–Trinajstić information content (AvgIpc) is 2.46. The van der Waals surface area contributed by atoms with Crippen molar-refractivity contribution in [2.24, 2.45) is 0 Å². The molecule has 0 aliphatic carbocycles. The van der Waals surface area contributed by atoms with Gasteiger partial charge in [-0.2, -0.15) is 0 Å². The Morgan fingerprint density at radius 1 is 1.32 bits per heavy atom. The first-order chi connectivity index (χ1) is 9.70. The van der Waals surface area contributed by atoms with E-state index in [0.29, 0.717) is 11.6 Å². The van der Waals surface area contributed by atoms with Gasteiger partial charge in [-0.05, 0) is 24.7 Å². The third-order valence-electron chi connectivity index (χ3n) is 3.12. The summed E-state index contributed by atoms with van der Waals surface area (Å²) in [6.45, 7) is 6.15. The zero-order valence-corrected chi connectivity index (χ0v) is 14.8. The molecule has 0 aromatic heterocycles. The highest BCUT2D eigenvalue weighted by Gasteiger charge is 2.14. The lowest BCUT2D eigenvalue weighted by atomic mass is 10.2. The van der Waals surface area contributed by atoms with Gasteiger partial charge in [0.1, 0.15) is 0 Å². The summed E-state index contributed by atoms with van der Waals surface area (Å²) in [7, 11) is 0. The standard InChI is InChI=1S/C14H20ClN3O2.2ClH/c1-2-16-10-14(19)17-11-3-4-13(12(15)9-11)18-5-7-20-8-6-18;;/h3-4,9,16H,2,5-8,10H2,1H3,(H,17,19);2*1H. The molecule has 1 fully saturated rings. The topological polar surface area (TPSA) is 53.6 Å². The van der Waals surface area contributed by atoms with Crippen molar-refractivity contribution in [2.45, 2.75) is 6.92 Å². The van der Waals surface area contributed by atoms with Crippen LogP contribution in [0.5, 0.6) is 0 Å². The van der Waals surface area contributed by atoms with Gasteiger partial charge in [-0.25, -0.2) is 0 Å². The molecule has 8 heteroatoms.